The third kappa shape index (κ3) is 6.32. The van der Waals surface area contributed by atoms with Gasteiger partial charge in [0.25, 0.3) is 26.8 Å². The number of nitrogens with two attached hydrogens (primary N) is 2. The molecule has 25 nitrogen and oxygen atoms in total. The Morgan fingerprint density at radius 2 is 1.15 bits per heavy atom. The van der Waals surface area contributed by atoms with Crippen molar-refractivity contribution in [1.82, 2.24) is 39.0 Å². The SMILES string of the molecule is Nc1nc2c(ncn2[C@@H]2O[C@H](COP(=O)([O-])OP(=O)([O-])OC[C@H]3O[C@@H](n4cnc5c(=O)[nH]c(N)nc54)[C@H](O)[C@@H]3O)[C@@H](O)[C@H]2O)c(=O)[nH]1. The standard InChI is InChI=1S/C20H26N10O15P2/c21-19-25-13-7(15(35)27-19)23-3-29(13)17-11(33)9(31)5(43-17)1-41-46(37,38)45-47(39,40)42-2-6-10(32)12(34)18(44-6)30-4-24-8-14(30)26-20(22)28-16(8)36/h3-6,9-12,17-18,31-34H,1-2H2,(H,37,38)(H,39,40)(H3,21,25,27,35)(H3,22,26,28,36)/p-2/t5-,6-,9-,10-,11-,12-,17-,18-/m1/s1. The Morgan fingerprint density at radius 1 is 0.766 bits per heavy atom. The van der Waals surface area contributed by atoms with Crippen LogP contribution in [0.1, 0.15) is 12.5 Å². The predicted octanol–water partition coefficient (Wildman–Crippen LogP) is -5.36. The van der Waals surface area contributed by atoms with E-state index in [-0.39, 0.29) is 34.2 Å². The lowest BCUT2D eigenvalue weighted by Crippen LogP contribution is -2.34. The van der Waals surface area contributed by atoms with Crippen molar-refractivity contribution in [2.45, 2.75) is 49.1 Å². The monoisotopic (exact) mass is 706 g/mol. The molecule has 2 aliphatic rings. The van der Waals surface area contributed by atoms with Crippen LogP contribution in [-0.4, -0.2) is 109 Å². The van der Waals surface area contributed by atoms with Crippen molar-refractivity contribution in [1.29, 1.82) is 0 Å². The average molecular weight is 706 g/mol. The number of nitrogen functional groups attached to an aromatic ring is 2. The highest BCUT2D eigenvalue weighted by atomic mass is 31.3. The zero-order valence-electron chi connectivity index (χ0n) is 23.2. The maximum atomic E-state index is 12.3. The molecule has 0 amide bonds. The van der Waals surface area contributed by atoms with Crippen LogP contribution in [0.25, 0.3) is 22.3 Å². The van der Waals surface area contributed by atoms with Gasteiger partial charge in [0, 0.05) is 0 Å². The number of nitrogens with one attached hydrogen (secondary N) is 2. The minimum Gasteiger partial charge on any atom is -0.756 e. The molecule has 4 aromatic rings. The fourth-order valence-corrected chi connectivity index (χ4v) is 6.97. The Balaban J connectivity index is 1.06. The number of H-pyrrole nitrogens is 2. The number of hydrogen-bond acceptors (Lipinski definition) is 21. The molecule has 10 atom stereocenters. The molecule has 256 valence electrons. The van der Waals surface area contributed by atoms with Gasteiger partial charge in [0.1, 0.15) is 36.6 Å². The fourth-order valence-electron chi connectivity index (χ4n) is 4.95. The highest BCUT2D eigenvalue weighted by molar-refractivity contribution is 7.59. The first-order valence-corrected chi connectivity index (χ1v) is 16.1. The number of aliphatic hydroxyl groups is 4. The summed E-state index contributed by atoms with van der Waals surface area (Å²) in [6.45, 7) is -2.12. The molecule has 2 aliphatic heterocycles. The Bertz CT molecular complexity index is 1890. The maximum absolute atomic E-state index is 12.3. The molecule has 0 aliphatic carbocycles. The van der Waals surface area contributed by atoms with Gasteiger partial charge in [-0.3, -0.25) is 37.8 Å². The number of nitrogens with zero attached hydrogens (tertiary/aromatic N) is 6. The summed E-state index contributed by atoms with van der Waals surface area (Å²) in [6.07, 6.45) is -11.0. The smallest absolute Gasteiger partial charge is 0.280 e. The molecule has 47 heavy (non-hydrogen) atoms. The van der Waals surface area contributed by atoms with Gasteiger partial charge in [0.2, 0.25) is 11.9 Å². The van der Waals surface area contributed by atoms with Crippen molar-refractivity contribution in [3.63, 3.8) is 0 Å². The number of aromatic nitrogens is 8. The van der Waals surface area contributed by atoms with Gasteiger partial charge < -0.3 is 60.2 Å². The molecular formula is C20H24N10O15P2-2. The topological polar surface area (TPSA) is 387 Å². The van der Waals surface area contributed by atoms with E-state index in [1.54, 1.807) is 0 Å². The molecule has 0 aromatic carbocycles. The fraction of sp³-hybridized carbons (Fsp3) is 0.500. The van der Waals surface area contributed by atoms with Gasteiger partial charge in [-0.2, -0.15) is 9.97 Å². The highest BCUT2D eigenvalue weighted by Gasteiger charge is 2.46. The molecular weight excluding hydrogens is 682 g/mol. The highest BCUT2D eigenvalue weighted by Crippen LogP contribution is 2.56. The van der Waals surface area contributed by atoms with Crippen LogP contribution in [-0.2, 0) is 32.0 Å². The van der Waals surface area contributed by atoms with Crippen LogP contribution in [0.3, 0.4) is 0 Å². The van der Waals surface area contributed by atoms with E-state index in [9.17, 15) is 48.9 Å². The summed E-state index contributed by atoms with van der Waals surface area (Å²) in [5.41, 5.74) is 9.06. The van der Waals surface area contributed by atoms with E-state index in [0.29, 0.717) is 0 Å². The number of phosphoric acid groups is 2. The molecule has 6 rings (SSSR count). The molecule has 27 heteroatoms. The second-order valence-electron chi connectivity index (χ2n) is 10.2. The summed E-state index contributed by atoms with van der Waals surface area (Å²) in [4.78, 5) is 68.7. The summed E-state index contributed by atoms with van der Waals surface area (Å²) in [7, 11) is -11.5. The number of anilines is 2. The van der Waals surface area contributed by atoms with E-state index in [1.165, 1.54) is 0 Å². The van der Waals surface area contributed by atoms with Crippen molar-refractivity contribution >= 4 is 49.9 Å². The molecule has 10 N–H and O–H groups in total. The van der Waals surface area contributed by atoms with Crippen LogP contribution >= 0.6 is 15.6 Å². The summed E-state index contributed by atoms with van der Waals surface area (Å²) in [6, 6.07) is 0. The number of phosphoric ester groups is 2. The minimum atomic E-state index is -5.76. The molecule has 0 saturated carbocycles. The van der Waals surface area contributed by atoms with Crippen LogP contribution in [0.2, 0.25) is 0 Å². The van der Waals surface area contributed by atoms with E-state index < -0.39 is 89.1 Å². The number of aromatic amines is 2. The van der Waals surface area contributed by atoms with Gasteiger partial charge in [-0.05, 0) is 0 Å². The normalized spacial score (nSPS) is 30.6. The van der Waals surface area contributed by atoms with E-state index >= 15 is 0 Å². The second-order valence-corrected chi connectivity index (χ2v) is 13.2. The molecule has 6 heterocycles. The molecule has 2 saturated heterocycles. The third-order valence-corrected chi connectivity index (χ3v) is 9.65. The molecule has 2 fully saturated rings. The van der Waals surface area contributed by atoms with Crippen molar-refractivity contribution in [3.8, 4) is 0 Å². The molecule has 4 aromatic heterocycles. The van der Waals surface area contributed by atoms with Gasteiger partial charge in [-0.15, -0.1) is 0 Å². The van der Waals surface area contributed by atoms with Crippen LogP contribution < -0.4 is 32.4 Å². The Morgan fingerprint density at radius 3 is 1.53 bits per heavy atom. The first kappa shape index (κ1) is 33.2. The van der Waals surface area contributed by atoms with Crippen LogP contribution in [0, 0.1) is 0 Å². The lowest BCUT2D eigenvalue weighted by atomic mass is 10.1. The van der Waals surface area contributed by atoms with Gasteiger partial charge in [0.15, 0.2) is 34.8 Å². The van der Waals surface area contributed by atoms with Crippen molar-refractivity contribution in [2.24, 2.45) is 0 Å². The summed E-state index contributed by atoms with van der Waals surface area (Å²) in [5, 5.41) is 41.8. The number of hydrogen-bond donors (Lipinski definition) is 8. The second kappa shape index (κ2) is 12.1. The van der Waals surface area contributed by atoms with Gasteiger partial charge in [-0.25, -0.2) is 14.3 Å². The van der Waals surface area contributed by atoms with Crippen LogP contribution in [0.5, 0.6) is 0 Å². The third-order valence-electron chi connectivity index (χ3n) is 7.12. The lowest BCUT2D eigenvalue weighted by Gasteiger charge is -2.32. The van der Waals surface area contributed by atoms with Crippen LogP contribution in [0.4, 0.5) is 11.9 Å². The zero-order chi connectivity index (χ0) is 34.0. The average Bonchev–Trinajstić information content (AvgIpc) is 3.72. The number of aliphatic hydroxyl groups excluding tert-OH is 4. The van der Waals surface area contributed by atoms with E-state index in [4.69, 9.17) is 20.9 Å². The number of fused-ring (bicyclic) bond motifs is 2. The van der Waals surface area contributed by atoms with Gasteiger partial charge in [-0.1, -0.05) is 0 Å². The number of imidazole rings is 2. The van der Waals surface area contributed by atoms with E-state index in [1.807, 2.05) is 0 Å². The van der Waals surface area contributed by atoms with E-state index in [2.05, 4.69) is 43.3 Å². The number of ether oxygens (including phenoxy) is 2. The van der Waals surface area contributed by atoms with Crippen molar-refractivity contribution in [2.75, 3.05) is 24.7 Å². The Hall–Kier alpha value is -3.68. The van der Waals surface area contributed by atoms with Crippen LogP contribution in [0.15, 0.2) is 22.2 Å². The zero-order valence-corrected chi connectivity index (χ0v) is 25.0. The minimum absolute atomic E-state index is 0.128. The molecule has 2 unspecified atom stereocenters. The molecule has 0 spiro atoms. The van der Waals surface area contributed by atoms with Crippen molar-refractivity contribution in [3.05, 3.63) is 33.4 Å². The number of rotatable bonds is 10. The largest absolute Gasteiger partial charge is 0.756 e. The predicted molar refractivity (Wildman–Crippen MR) is 145 cm³/mol. The summed E-state index contributed by atoms with van der Waals surface area (Å²) >= 11 is 0. The van der Waals surface area contributed by atoms with Gasteiger partial charge >= 0.3 is 0 Å². The first-order chi connectivity index (χ1) is 22.0. The van der Waals surface area contributed by atoms with E-state index in [0.717, 1.165) is 21.8 Å². The quantitative estimate of drug-likeness (QED) is 0.0713. The lowest BCUT2D eigenvalue weighted by molar-refractivity contribution is -0.246. The van der Waals surface area contributed by atoms with Crippen molar-refractivity contribution < 1.29 is 62.2 Å². The maximum Gasteiger partial charge on any atom is 0.280 e. The van der Waals surface area contributed by atoms with Gasteiger partial charge in [0.05, 0.1) is 25.9 Å². The Kier molecular flexibility index (Phi) is 8.54. The molecule has 0 radical (unpaired) electrons. The first-order valence-electron chi connectivity index (χ1n) is 13.2. The molecule has 0 bridgehead atoms. The summed E-state index contributed by atoms with van der Waals surface area (Å²) in [5.74, 6) is -0.577. The Labute approximate surface area is 258 Å². The summed E-state index contributed by atoms with van der Waals surface area (Å²) < 4.78 is 50.8.